The zero-order valence-corrected chi connectivity index (χ0v) is 9.87. The fourth-order valence-electron chi connectivity index (χ4n) is 3.98. The molecule has 1 aliphatic heterocycles. The molecule has 2 saturated carbocycles. The first-order valence-electron chi connectivity index (χ1n) is 6.48. The van der Waals surface area contributed by atoms with Crippen molar-refractivity contribution in [3.05, 3.63) is 0 Å². The summed E-state index contributed by atoms with van der Waals surface area (Å²) >= 11 is 0. The van der Waals surface area contributed by atoms with Gasteiger partial charge in [-0.1, -0.05) is 25.7 Å². The standard InChI is InChI=1S/C14H21N/c1-10(2)4-3-7-15-9-13-11-5-6-12(8-11)14(13)15/h10-14H,5-9H2,1-2H3. The molecule has 0 amide bonds. The van der Waals surface area contributed by atoms with E-state index in [0.29, 0.717) is 5.92 Å². The zero-order chi connectivity index (χ0) is 10.4. The van der Waals surface area contributed by atoms with E-state index >= 15 is 0 Å². The topological polar surface area (TPSA) is 3.24 Å². The summed E-state index contributed by atoms with van der Waals surface area (Å²) in [5, 5.41) is 0. The molecule has 2 bridgehead atoms. The summed E-state index contributed by atoms with van der Waals surface area (Å²) in [6.07, 6.45) is 4.56. The van der Waals surface area contributed by atoms with Crippen molar-refractivity contribution in [1.82, 2.24) is 4.90 Å². The second-order valence-corrected chi connectivity index (χ2v) is 5.89. The highest BCUT2D eigenvalue weighted by Gasteiger charge is 2.55. The molecular weight excluding hydrogens is 182 g/mol. The molecule has 1 nitrogen and oxygen atoms in total. The molecular formula is C14H21N. The van der Waals surface area contributed by atoms with Gasteiger partial charge in [-0.3, -0.25) is 4.90 Å². The van der Waals surface area contributed by atoms with Gasteiger partial charge in [0.1, 0.15) is 0 Å². The van der Waals surface area contributed by atoms with Crippen LogP contribution in [0.15, 0.2) is 0 Å². The minimum atomic E-state index is 0.530. The first kappa shape index (κ1) is 9.73. The fraction of sp³-hybridized carbons (Fsp3) is 0.857. The van der Waals surface area contributed by atoms with Gasteiger partial charge in [0, 0.05) is 18.5 Å². The number of hydrogen-bond donors (Lipinski definition) is 0. The maximum absolute atomic E-state index is 3.33. The molecule has 4 atom stereocenters. The minimum Gasteiger partial charge on any atom is -0.288 e. The van der Waals surface area contributed by atoms with Crippen LogP contribution < -0.4 is 0 Å². The van der Waals surface area contributed by atoms with Crippen LogP contribution in [0.5, 0.6) is 0 Å². The fourth-order valence-corrected chi connectivity index (χ4v) is 3.98. The lowest BCUT2D eigenvalue weighted by Gasteiger charge is -2.50. The van der Waals surface area contributed by atoms with Gasteiger partial charge in [0.25, 0.3) is 0 Å². The van der Waals surface area contributed by atoms with E-state index in [1.807, 2.05) is 0 Å². The van der Waals surface area contributed by atoms with Crippen molar-refractivity contribution in [2.45, 2.75) is 39.2 Å². The second-order valence-electron chi connectivity index (χ2n) is 5.89. The number of rotatable bonds is 1. The van der Waals surface area contributed by atoms with Crippen LogP contribution in [0, 0.1) is 35.5 Å². The van der Waals surface area contributed by atoms with Gasteiger partial charge in [-0.05, 0) is 37.0 Å². The summed E-state index contributed by atoms with van der Waals surface area (Å²) in [7, 11) is 0. The normalized spacial score (nSPS) is 42.3. The monoisotopic (exact) mass is 203 g/mol. The largest absolute Gasteiger partial charge is 0.288 e. The Morgan fingerprint density at radius 3 is 2.80 bits per heavy atom. The highest BCUT2D eigenvalue weighted by atomic mass is 15.2. The maximum Gasteiger partial charge on any atom is 0.0604 e. The van der Waals surface area contributed by atoms with E-state index in [0.717, 1.165) is 30.3 Å². The van der Waals surface area contributed by atoms with E-state index in [-0.39, 0.29) is 0 Å². The SMILES string of the molecule is CC(C)C#CCN1CC2C3CCC(C3)C21. The van der Waals surface area contributed by atoms with Crippen molar-refractivity contribution < 1.29 is 0 Å². The van der Waals surface area contributed by atoms with Gasteiger partial charge >= 0.3 is 0 Å². The van der Waals surface area contributed by atoms with E-state index in [9.17, 15) is 0 Å². The van der Waals surface area contributed by atoms with E-state index in [1.54, 1.807) is 0 Å². The summed E-state index contributed by atoms with van der Waals surface area (Å²) in [5.74, 6) is 10.3. The summed E-state index contributed by atoms with van der Waals surface area (Å²) in [4.78, 5) is 2.63. The van der Waals surface area contributed by atoms with Crippen LogP contribution in [-0.4, -0.2) is 24.0 Å². The van der Waals surface area contributed by atoms with Crippen molar-refractivity contribution in [2.75, 3.05) is 13.1 Å². The Bertz CT molecular complexity index is 307. The molecule has 0 aromatic heterocycles. The Labute approximate surface area is 93.2 Å². The van der Waals surface area contributed by atoms with Gasteiger partial charge in [-0.15, -0.1) is 0 Å². The van der Waals surface area contributed by atoms with Gasteiger partial charge in [-0.25, -0.2) is 0 Å². The third kappa shape index (κ3) is 1.51. The van der Waals surface area contributed by atoms with Crippen LogP contribution in [0.4, 0.5) is 0 Å². The van der Waals surface area contributed by atoms with Crippen LogP contribution in [0.25, 0.3) is 0 Å². The van der Waals surface area contributed by atoms with Gasteiger partial charge in [0.05, 0.1) is 6.54 Å². The van der Waals surface area contributed by atoms with E-state index < -0.39 is 0 Å². The number of likely N-dealkylation sites (tertiary alicyclic amines) is 1. The van der Waals surface area contributed by atoms with Crippen molar-refractivity contribution >= 4 is 0 Å². The summed E-state index contributed by atoms with van der Waals surface area (Å²) in [6.45, 7) is 6.72. The first-order valence-corrected chi connectivity index (χ1v) is 6.48. The Morgan fingerprint density at radius 1 is 1.27 bits per heavy atom. The zero-order valence-electron chi connectivity index (χ0n) is 9.87. The van der Waals surface area contributed by atoms with Crippen molar-refractivity contribution in [3.8, 4) is 11.8 Å². The van der Waals surface area contributed by atoms with Gasteiger partial charge in [0.2, 0.25) is 0 Å². The third-order valence-electron chi connectivity index (χ3n) is 4.58. The Balaban J connectivity index is 1.57. The lowest BCUT2D eigenvalue weighted by atomic mass is 9.77. The summed E-state index contributed by atoms with van der Waals surface area (Å²) in [6, 6.07) is 0.935. The van der Waals surface area contributed by atoms with Crippen LogP contribution >= 0.6 is 0 Å². The van der Waals surface area contributed by atoms with Crippen LogP contribution in [0.2, 0.25) is 0 Å². The molecule has 0 spiro atoms. The van der Waals surface area contributed by atoms with Gasteiger partial charge in [-0.2, -0.15) is 0 Å². The highest BCUT2D eigenvalue weighted by molar-refractivity contribution is 5.12. The number of fused-ring (bicyclic) bond motifs is 5. The molecule has 4 unspecified atom stereocenters. The Morgan fingerprint density at radius 2 is 2.07 bits per heavy atom. The van der Waals surface area contributed by atoms with Gasteiger partial charge in [0.15, 0.2) is 0 Å². The molecule has 1 heteroatoms. The highest BCUT2D eigenvalue weighted by Crippen LogP contribution is 2.55. The number of nitrogens with zero attached hydrogens (tertiary/aromatic N) is 1. The molecule has 1 heterocycles. The molecule has 0 N–H and O–H groups in total. The Hall–Kier alpha value is -0.480. The van der Waals surface area contributed by atoms with E-state index in [2.05, 4.69) is 30.6 Å². The van der Waals surface area contributed by atoms with Crippen molar-refractivity contribution in [2.24, 2.45) is 23.7 Å². The minimum absolute atomic E-state index is 0.530. The quantitative estimate of drug-likeness (QED) is 0.591. The van der Waals surface area contributed by atoms with E-state index in [1.165, 1.54) is 25.8 Å². The molecule has 2 aliphatic carbocycles. The summed E-state index contributed by atoms with van der Waals surface area (Å²) in [5.41, 5.74) is 0. The van der Waals surface area contributed by atoms with Crippen molar-refractivity contribution in [3.63, 3.8) is 0 Å². The lowest BCUT2D eigenvalue weighted by Crippen LogP contribution is -2.58. The third-order valence-corrected chi connectivity index (χ3v) is 4.58. The molecule has 0 aromatic carbocycles. The Kier molecular flexibility index (Phi) is 2.29. The predicted molar refractivity (Wildman–Crippen MR) is 62.3 cm³/mol. The second kappa shape index (κ2) is 3.52. The van der Waals surface area contributed by atoms with Gasteiger partial charge < -0.3 is 0 Å². The molecule has 3 aliphatic rings. The van der Waals surface area contributed by atoms with Crippen LogP contribution in [-0.2, 0) is 0 Å². The molecule has 0 aromatic rings. The maximum atomic E-state index is 3.33. The van der Waals surface area contributed by atoms with Crippen LogP contribution in [0.3, 0.4) is 0 Å². The number of hydrogen-bond acceptors (Lipinski definition) is 1. The smallest absolute Gasteiger partial charge is 0.0604 e. The average Bonchev–Trinajstić information content (AvgIpc) is 2.67. The summed E-state index contributed by atoms with van der Waals surface area (Å²) < 4.78 is 0. The molecule has 3 fully saturated rings. The predicted octanol–water partition coefficient (Wildman–Crippen LogP) is 2.38. The van der Waals surface area contributed by atoms with Crippen LogP contribution in [0.1, 0.15) is 33.1 Å². The first-order chi connectivity index (χ1) is 7.25. The van der Waals surface area contributed by atoms with E-state index in [4.69, 9.17) is 0 Å². The molecule has 3 rings (SSSR count). The van der Waals surface area contributed by atoms with Crippen molar-refractivity contribution in [1.29, 1.82) is 0 Å². The molecule has 1 saturated heterocycles. The molecule has 15 heavy (non-hydrogen) atoms. The average molecular weight is 203 g/mol. The lowest BCUT2D eigenvalue weighted by molar-refractivity contribution is -0.0105. The molecule has 82 valence electrons. The molecule has 0 radical (unpaired) electrons.